The number of nitrogens with one attached hydrogen (secondary N) is 2. The zero-order valence-corrected chi connectivity index (χ0v) is 14.3. The first-order chi connectivity index (χ1) is 11.6. The Morgan fingerprint density at radius 2 is 2.29 bits per heavy atom. The van der Waals surface area contributed by atoms with Crippen LogP contribution in [0.2, 0.25) is 0 Å². The van der Waals surface area contributed by atoms with Gasteiger partial charge in [0.05, 0.1) is 24.3 Å². The lowest BCUT2D eigenvalue weighted by atomic mass is 9.85. The summed E-state index contributed by atoms with van der Waals surface area (Å²) in [6, 6.07) is 7.50. The second-order valence-electron chi connectivity index (χ2n) is 5.43. The first-order valence-corrected chi connectivity index (χ1v) is 7.94. The van der Waals surface area contributed by atoms with Crippen molar-refractivity contribution < 1.29 is 4.79 Å². The highest BCUT2D eigenvalue weighted by atomic mass is 79.9. The number of carbonyl (C=O) groups is 1. The van der Waals surface area contributed by atoms with E-state index in [1.54, 1.807) is 18.3 Å². The van der Waals surface area contributed by atoms with Crippen molar-refractivity contribution in [3.05, 3.63) is 68.4 Å². The van der Waals surface area contributed by atoms with Gasteiger partial charge in [0.15, 0.2) is 5.70 Å². The average molecular weight is 382 g/mol. The Kier molecular flexibility index (Phi) is 4.20. The van der Waals surface area contributed by atoms with E-state index in [1.165, 1.54) is 6.92 Å². The van der Waals surface area contributed by atoms with Gasteiger partial charge in [-0.2, -0.15) is 10.4 Å². The molecule has 0 spiro atoms. The van der Waals surface area contributed by atoms with Crippen LogP contribution in [-0.2, 0) is 4.79 Å². The van der Waals surface area contributed by atoms with Gasteiger partial charge in [0.25, 0.3) is 0 Å². The third kappa shape index (κ3) is 2.60. The van der Waals surface area contributed by atoms with Crippen LogP contribution in [-0.4, -0.2) is 16.0 Å². The molecule has 7 heteroatoms. The second-order valence-corrected chi connectivity index (χ2v) is 6.23. The van der Waals surface area contributed by atoms with Crippen LogP contribution in [0.5, 0.6) is 0 Å². The van der Waals surface area contributed by atoms with Gasteiger partial charge in [0, 0.05) is 22.2 Å². The lowest BCUT2D eigenvalue weighted by Crippen LogP contribution is -2.19. The summed E-state index contributed by atoms with van der Waals surface area (Å²) in [5, 5.41) is 19.3. The Bertz CT molecular complexity index is 945. The van der Waals surface area contributed by atoms with Gasteiger partial charge in [-0.1, -0.05) is 12.1 Å². The third-order valence-electron chi connectivity index (χ3n) is 3.84. The van der Waals surface area contributed by atoms with Crippen molar-refractivity contribution in [3.8, 4) is 6.07 Å². The van der Waals surface area contributed by atoms with Crippen LogP contribution < -0.4 is 5.32 Å². The normalized spacial score (nSPS) is 15.9. The summed E-state index contributed by atoms with van der Waals surface area (Å²) in [5.74, 6) is 0.234. The SMILES string of the molecule is [C-]#[N+]C1=C(CC(C)=O)Nc2[nH]ncc2C1c1cccc(C#N)c1Br. The highest BCUT2D eigenvalue weighted by Gasteiger charge is 2.33. The number of allylic oxidation sites excluding steroid dienone is 2. The number of halogens is 1. The fraction of sp³-hybridized carbons (Fsp3) is 0.176. The number of carbonyl (C=O) groups excluding carboxylic acids is 1. The van der Waals surface area contributed by atoms with E-state index in [0.29, 0.717) is 27.2 Å². The van der Waals surface area contributed by atoms with Crippen molar-refractivity contribution in [2.24, 2.45) is 0 Å². The van der Waals surface area contributed by atoms with Gasteiger partial charge in [-0.3, -0.25) is 9.89 Å². The number of rotatable bonds is 3. The molecule has 1 aromatic carbocycles. The minimum absolute atomic E-state index is 0.0368. The molecular formula is C17H12BrN5O. The molecule has 1 aliphatic heterocycles. The predicted octanol–water partition coefficient (Wildman–Crippen LogP) is 3.71. The number of nitriles is 1. The summed E-state index contributed by atoms with van der Waals surface area (Å²) >= 11 is 3.48. The molecule has 2 aromatic rings. The Morgan fingerprint density at radius 3 is 2.96 bits per heavy atom. The van der Waals surface area contributed by atoms with Gasteiger partial charge in [-0.15, -0.1) is 0 Å². The van der Waals surface area contributed by atoms with E-state index >= 15 is 0 Å². The summed E-state index contributed by atoms with van der Waals surface area (Å²) < 4.78 is 0.648. The Morgan fingerprint density at radius 1 is 1.50 bits per heavy atom. The molecule has 2 heterocycles. The largest absolute Gasteiger partial charge is 0.353 e. The second kappa shape index (κ2) is 6.31. The molecule has 0 saturated carbocycles. The molecule has 2 N–H and O–H groups in total. The topological polar surface area (TPSA) is 85.9 Å². The zero-order valence-electron chi connectivity index (χ0n) is 12.7. The fourth-order valence-electron chi connectivity index (χ4n) is 2.84. The van der Waals surface area contributed by atoms with Crippen molar-refractivity contribution >= 4 is 27.5 Å². The van der Waals surface area contributed by atoms with E-state index in [4.69, 9.17) is 6.57 Å². The number of Topliss-reactive ketones (excluding diaryl/α,β-unsaturated/α-hetero) is 1. The molecule has 0 bridgehead atoms. The fourth-order valence-corrected chi connectivity index (χ4v) is 3.42. The maximum atomic E-state index is 11.6. The molecule has 3 rings (SSSR count). The van der Waals surface area contributed by atoms with Gasteiger partial charge in [-0.05, 0) is 34.5 Å². The van der Waals surface area contributed by atoms with Gasteiger partial charge in [0.2, 0.25) is 0 Å². The van der Waals surface area contributed by atoms with E-state index in [-0.39, 0.29) is 12.2 Å². The highest BCUT2D eigenvalue weighted by Crippen LogP contribution is 2.44. The number of nitrogens with zero attached hydrogens (tertiary/aromatic N) is 3. The molecule has 0 fully saturated rings. The molecule has 0 saturated heterocycles. The first kappa shape index (κ1) is 16.0. The van der Waals surface area contributed by atoms with E-state index < -0.39 is 5.92 Å². The molecule has 0 radical (unpaired) electrons. The van der Waals surface area contributed by atoms with Crippen LogP contribution in [0.4, 0.5) is 5.82 Å². The summed E-state index contributed by atoms with van der Waals surface area (Å²) in [6.07, 6.45) is 1.80. The van der Waals surface area contributed by atoms with E-state index in [2.05, 4.69) is 42.4 Å². The lowest BCUT2D eigenvalue weighted by molar-refractivity contribution is -0.116. The van der Waals surface area contributed by atoms with Crippen molar-refractivity contribution in [2.75, 3.05) is 5.32 Å². The highest BCUT2D eigenvalue weighted by molar-refractivity contribution is 9.10. The van der Waals surface area contributed by atoms with E-state index in [0.717, 1.165) is 11.1 Å². The summed E-state index contributed by atoms with van der Waals surface area (Å²) in [5.41, 5.74) is 3.10. The average Bonchev–Trinajstić information content (AvgIpc) is 3.01. The number of anilines is 1. The van der Waals surface area contributed by atoms with Gasteiger partial charge in [0.1, 0.15) is 17.7 Å². The van der Waals surface area contributed by atoms with Crippen LogP contribution in [0.3, 0.4) is 0 Å². The summed E-state index contributed by atoms with van der Waals surface area (Å²) in [4.78, 5) is 15.3. The van der Waals surface area contributed by atoms with Crippen LogP contribution in [0.1, 0.15) is 36.0 Å². The molecule has 1 aromatic heterocycles. The van der Waals surface area contributed by atoms with Crippen LogP contribution in [0.15, 0.2) is 40.3 Å². The van der Waals surface area contributed by atoms with Gasteiger partial charge in [-0.25, -0.2) is 4.85 Å². The number of H-pyrrole nitrogens is 1. The van der Waals surface area contributed by atoms with Crippen molar-refractivity contribution in [1.29, 1.82) is 5.26 Å². The minimum atomic E-state index is -0.394. The van der Waals surface area contributed by atoms with E-state index in [9.17, 15) is 10.1 Å². The molecular weight excluding hydrogens is 370 g/mol. The maximum absolute atomic E-state index is 11.6. The minimum Gasteiger partial charge on any atom is -0.353 e. The lowest BCUT2D eigenvalue weighted by Gasteiger charge is -2.26. The number of hydrogen-bond donors (Lipinski definition) is 2. The molecule has 1 unspecified atom stereocenters. The third-order valence-corrected chi connectivity index (χ3v) is 4.73. The number of aromatic nitrogens is 2. The molecule has 118 valence electrons. The molecule has 6 nitrogen and oxygen atoms in total. The summed E-state index contributed by atoms with van der Waals surface area (Å²) in [7, 11) is 0. The van der Waals surface area contributed by atoms with Gasteiger partial charge < -0.3 is 5.32 Å². The maximum Gasteiger partial charge on any atom is 0.196 e. The Hall–Kier alpha value is -2.90. The number of benzene rings is 1. The Balaban J connectivity index is 2.25. The predicted molar refractivity (Wildman–Crippen MR) is 91.8 cm³/mol. The number of hydrogen-bond acceptors (Lipinski definition) is 4. The molecule has 1 atom stereocenters. The smallest absolute Gasteiger partial charge is 0.196 e. The van der Waals surface area contributed by atoms with Crippen LogP contribution in [0.25, 0.3) is 4.85 Å². The van der Waals surface area contributed by atoms with Crippen molar-refractivity contribution in [2.45, 2.75) is 19.3 Å². The monoisotopic (exact) mass is 381 g/mol. The van der Waals surface area contributed by atoms with Gasteiger partial charge >= 0.3 is 0 Å². The van der Waals surface area contributed by atoms with E-state index in [1.807, 2.05) is 6.07 Å². The molecule has 0 amide bonds. The quantitative estimate of drug-likeness (QED) is 0.793. The standard InChI is InChI=1S/C17H12BrN5O/c1-9(24)6-13-16(20-2)14(12-8-21-23-17(12)22-13)11-5-3-4-10(7-19)15(11)18/h3-5,8,14H,6H2,1H3,(H2,21,22,23). The number of aromatic amines is 1. The van der Waals surface area contributed by atoms with Crippen LogP contribution in [0, 0.1) is 17.9 Å². The zero-order chi connectivity index (χ0) is 17.3. The summed E-state index contributed by atoms with van der Waals surface area (Å²) in [6.45, 7) is 9.11. The molecule has 24 heavy (non-hydrogen) atoms. The van der Waals surface area contributed by atoms with Crippen LogP contribution >= 0.6 is 15.9 Å². The number of ketones is 1. The number of fused-ring (bicyclic) bond motifs is 1. The first-order valence-electron chi connectivity index (χ1n) is 7.15. The molecule has 1 aliphatic rings. The molecule has 0 aliphatic carbocycles. The van der Waals surface area contributed by atoms with Crippen molar-refractivity contribution in [1.82, 2.24) is 10.2 Å². The Labute approximate surface area is 147 Å². The van der Waals surface area contributed by atoms with Crippen molar-refractivity contribution in [3.63, 3.8) is 0 Å².